The molecule has 0 bridgehead atoms. The van der Waals surface area contributed by atoms with Gasteiger partial charge in [-0.3, -0.25) is 4.98 Å². The average Bonchev–Trinajstić information content (AvgIpc) is 2.23. The van der Waals surface area contributed by atoms with Crippen LogP contribution in [0.3, 0.4) is 0 Å². The Kier molecular flexibility index (Phi) is 2.63. The van der Waals surface area contributed by atoms with Gasteiger partial charge in [-0.15, -0.1) is 0 Å². The van der Waals surface area contributed by atoms with Gasteiger partial charge < -0.3 is 5.11 Å². The van der Waals surface area contributed by atoms with E-state index in [4.69, 9.17) is 16.7 Å². The van der Waals surface area contributed by atoms with E-state index in [-0.39, 0.29) is 6.61 Å². The van der Waals surface area contributed by atoms with Crippen molar-refractivity contribution in [2.75, 3.05) is 0 Å². The zero-order valence-electron chi connectivity index (χ0n) is 8.71. The summed E-state index contributed by atoms with van der Waals surface area (Å²) in [6, 6.07) is 5.75. The largest absolute Gasteiger partial charge is 0.390 e. The molecule has 0 radical (unpaired) electrons. The first-order valence-corrected chi connectivity index (χ1v) is 5.17. The summed E-state index contributed by atoms with van der Waals surface area (Å²) >= 11 is 6.03. The zero-order chi connectivity index (χ0) is 11.0. The average molecular weight is 222 g/mol. The lowest BCUT2D eigenvalue weighted by molar-refractivity contribution is 0.277. The van der Waals surface area contributed by atoms with Gasteiger partial charge in [0.1, 0.15) is 0 Å². The summed E-state index contributed by atoms with van der Waals surface area (Å²) in [5.41, 5.74) is 3.65. The first-order valence-electron chi connectivity index (χ1n) is 4.79. The predicted molar refractivity (Wildman–Crippen MR) is 62.1 cm³/mol. The molecule has 0 fully saturated rings. The molecule has 1 aromatic carbocycles. The highest BCUT2D eigenvalue weighted by Crippen LogP contribution is 2.26. The van der Waals surface area contributed by atoms with Crippen molar-refractivity contribution in [1.29, 1.82) is 0 Å². The van der Waals surface area contributed by atoms with Crippen molar-refractivity contribution in [2.45, 2.75) is 20.5 Å². The van der Waals surface area contributed by atoms with Crippen LogP contribution in [0.4, 0.5) is 0 Å². The van der Waals surface area contributed by atoms with Crippen molar-refractivity contribution >= 4 is 22.5 Å². The van der Waals surface area contributed by atoms with Crippen LogP contribution in [0.1, 0.15) is 16.8 Å². The lowest BCUT2D eigenvalue weighted by atomic mass is 10.1. The van der Waals surface area contributed by atoms with Gasteiger partial charge in [-0.25, -0.2) is 0 Å². The number of fused-ring (bicyclic) bond motifs is 1. The molecular formula is C12H12ClNO. The highest BCUT2D eigenvalue weighted by Gasteiger charge is 2.06. The topological polar surface area (TPSA) is 33.1 Å². The number of hydrogen-bond acceptors (Lipinski definition) is 2. The molecule has 15 heavy (non-hydrogen) atoms. The molecule has 1 aromatic heterocycles. The number of halogens is 1. The minimum absolute atomic E-state index is 0.0390. The minimum Gasteiger partial charge on any atom is -0.390 e. The van der Waals surface area contributed by atoms with Gasteiger partial charge in [0.05, 0.1) is 17.8 Å². The van der Waals surface area contributed by atoms with E-state index in [9.17, 15) is 0 Å². The Labute approximate surface area is 93.5 Å². The molecule has 78 valence electrons. The van der Waals surface area contributed by atoms with E-state index in [1.54, 1.807) is 0 Å². The van der Waals surface area contributed by atoms with E-state index in [1.165, 1.54) is 0 Å². The number of aliphatic hydroxyl groups excluding tert-OH is 1. The molecule has 0 spiro atoms. The maximum absolute atomic E-state index is 9.09. The molecule has 2 rings (SSSR count). The molecule has 0 aliphatic heterocycles. The SMILES string of the molecule is Cc1cc(CO)nc2c(C)c(Cl)ccc12. The third kappa shape index (κ3) is 1.71. The van der Waals surface area contributed by atoms with Gasteiger partial charge in [0.25, 0.3) is 0 Å². The van der Waals surface area contributed by atoms with Gasteiger partial charge >= 0.3 is 0 Å². The van der Waals surface area contributed by atoms with Crippen molar-refractivity contribution in [3.05, 3.63) is 40.0 Å². The molecule has 0 amide bonds. The Hall–Kier alpha value is -1.12. The van der Waals surface area contributed by atoms with Crippen LogP contribution < -0.4 is 0 Å². The Morgan fingerprint density at radius 1 is 1.33 bits per heavy atom. The van der Waals surface area contributed by atoms with Crippen LogP contribution in [0.2, 0.25) is 5.02 Å². The Bertz CT molecular complexity index is 523. The number of hydrogen-bond donors (Lipinski definition) is 1. The number of aliphatic hydroxyl groups is 1. The van der Waals surface area contributed by atoms with Crippen LogP contribution in [0.15, 0.2) is 18.2 Å². The molecule has 0 aliphatic rings. The van der Waals surface area contributed by atoms with Crippen molar-refractivity contribution in [3.63, 3.8) is 0 Å². The van der Waals surface area contributed by atoms with Gasteiger partial charge in [-0.05, 0) is 37.1 Å². The minimum atomic E-state index is -0.0390. The van der Waals surface area contributed by atoms with Gasteiger partial charge in [0.2, 0.25) is 0 Å². The third-order valence-corrected chi connectivity index (χ3v) is 3.00. The second kappa shape index (κ2) is 3.80. The fraction of sp³-hybridized carbons (Fsp3) is 0.250. The fourth-order valence-electron chi connectivity index (χ4n) is 1.72. The van der Waals surface area contributed by atoms with E-state index in [1.807, 2.05) is 32.0 Å². The summed E-state index contributed by atoms with van der Waals surface area (Å²) in [5.74, 6) is 0. The van der Waals surface area contributed by atoms with Crippen LogP contribution in [-0.2, 0) is 6.61 Å². The van der Waals surface area contributed by atoms with E-state index in [2.05, 4.69) is 4.98 Å². The second-order valence-corrected chi connectivity index (χ2v) is 4.06. The number of rotatable bonds is 1. The molecule has 1 N–H and O–H groups in total. The summed E-state index contributed by atoms with van der Waals surface area (Å²) in [6.45, 7) is 3.91. The molecule has 0 aliphatic carbocycles. The van der Waals surface area contributed by atoms with E-state index in [0.717, 1.165) is 22.0 Å². The fourth-order valence-corrected chi connectivity index (χ4v) is 1.87. The van der Waals surface area contributed by atoms with Crippen molar-refractivity contribution in [1.82, 2.24) is 4.98 Å². The lowest BCUT2D eigenvalue weighted by Crippen LogP contribution is -1.94. The van der Waals surface area contributed by atoms with Crippen LogP contribution in [-0.4, -0.2) is 10.1 Å². The number of aromatic nitrogens is 1. The Morgan fingerprint density at radius 3 is 2.73 bits per heavy atom. The van der Waals surface area contributed by atoms with E-state index >= 15 is 0 Å². The molecule has 0 saturated heterocycles. The quantitative estimate of drug-likeness (QED) is 0.803. The molecule has 0 atom stereocenters. The number of nitrogens with zero attached hydrogens (tertiary/aromatic N) is 1. The molecular weight excluding hydrogens is 210 g/mol. The molecule has 3 heteroatoms. The van der Waals surface area contributed by atoms with Gasteiger partial charge in [0, 0.05) is 10.4 Å². The summed E-state index contributed by atoms with van der Waals surface area (Å²) in [4.78, 5) is 4.38. The summed E-state index contributed by atoms with van der Waals surface area (Å²) < 4.78 is 0. The van der Waals surface area contributed by atoms with Gasteiger partial charge in [0.15, 0.2) is 0 Å². The van der Waals surface area contributed by atoms with Crippen LogP contribution in [0.25, 0.3) is 10.9 Å². The second-order valence-electron chi connectivity index (χ2n) is 3.66. The Morgan fingerprint density at radius 2 is 2.07 bits per heavy atom. The van der Waals surface area contributed by atoms with E-state index in [0.29, 0.717) is 10.7 Å². The standard InChI is InChI=1S/C12H12ClNO/c1-7-5-9(6-15)14-12-8(2)11(13)4-3-10(7)12/h3-5,15H,6H2,1-2H3. The molecule has 0 saturated carbocycles. The summed E-state index contributed by atoms with van der Waals surface area (Å²) in [6.07, 6.45) is 0. The highest BCUT2D eigenvalue weighted by atomic mass is 35.5. The normalized spacial score (nSPS) is 10.9. The van der Waals surface area contributed by atoms with E-state index < -0.39 is 0 Å². The maximum Gasteiger partial charge on any atom is 0.0853 e. The van der Waals surface area contributed by atoms with Gasteiger partial charge in [-0.2, -0.15) is 0 Å². The van der Waals surface area contributed by atoms with Crippen molar-refractivity contribution in [3.8, 4) is 0 Å². The Balaban J connectivity index is 2.86. The van der Waals surface area contributed by atoms with Crippen LogP contribution in [0.5, 0.6) is 0 Å². The van der Waals surface area contributed by atoms with Crippen molar-refractivity contribution < 1.29 is 5.11 Å². The maximum atomic E-state index is 9.09. The molecule has 2 nitrogen and oxygen atoms in total. The number of aryl methyl sites for hydroxylation is 2. The highest BCUT2D eigenvalue weighted by molar-refractivity contribution is 6.32. The third-order valence-electron chi connectivity index (χ3n) is 2.59. The van der Waals surface area contributed by atoms with Crippen LogP contribution >= 0.6 is 11.6 Å². The first-order chi connectivity index (χ1) is 7.13. The first kappa shape index (κ1) is 10.4. The smallest absolute Gasteiger partial charge is 0.0853 e. The van der Waals surface area contributed by atoms with Crippen LogP contribution in [0, 0.1) is 13.8 Å². The summed E-state index contributed by atoms with van der Waals surface area (Å²) in [5, 5.41) is 10.9. The lowest BCUT2D eigenvalue weighted by Gasteiger charge is -2.08. The van der Waals surface area contributed by atoms with Gasteiger partial charge in [-0.1, -0.05) is 17.7 Å². The molecule has 2 aromatic rings. The molecule has 0 unspecified atom stereocenters. The monoisotopic (exact) mass is 221 g/mol. The van der Waals surface area contributed by atoms with Crippen molar-refractivity contribution in [2.24, 2.45) is 0 Å². The zero-order valence-corrected chi connectivity index (χ0v) is 9.47. The number of pyridine rings is 1. The molecule has 1 heterocycles. The summed E-state index contributed by atoms with van der Waals surface area (Å²) in [7, 11) is 0. The predicted octanol–water partition coefficient (Wildman–Crippen LogP) is 3.00. The number of benzene rings is 1.